The van der Waals surface area contributed by atoms with E-state index in [0.29, 0.717) is 129 Å². The maximum absolute atomic E-state index is 11.8. The standard InChI is InChI=1S/C13H19NO4.C12H19NO5.C12H17NO5.C11H15NO4.C10H14O2.C7H7NO3.C2H3.CH3.BrH.Cu.HI.Li.Mg/c1-4-10-8-13(17-6-7-18-13)11(5-2)14(9-10)12(15)16-3;2*1-3-9-6-12(17-4-5-18-12)10(8-14)13(7-9)11(15)16-2;1-14-10(13)12-7-8-2-3-9(12)11(6-8)15-4-5-16-11;1-3-9-4-2-8(1)7-10(9)11-5-6-12-10;9-6-2-1-3-8-5(6)4-11-7(8)10;1-2;;;;;;/h4-5,10-11H,1-2,6-9H2,3H3;3,9-10,14H,1,4-8H2,2H3;3,8-10H,1,4-7H2,2H3;2-3,8-9H,4-7H2,1H3;1,3,8-9H,2,4-7H2;1-2,5H,3-4H2;1H,2H2;1H3;1H;;1H;;/q;;;;;;2*-1;;+1;;+1;+2/p-2/t10-,11+;2*9-,10+;2*8-,9?;5-;;;;;;;/m000011......./s1. The maximum atomic E-state index is 11.8. The molecule has 12 aliphatic heterocycles. The van der Waals surface area contributed by atoms with E-state index in [1.54, 1.807) is 54.4 Å². The van der Waals surface area contributed by atoms with Crippen molar-refractivity contribution >= 4 is 85.9 Å². The van der Waals surface area contributed by atoms with Crippen LogP contribution in [0.2, 0.25) is 0 Å². The number of carbonyl (C=O) groups is 7. The zero-order valence-electron chi connectivity index (χ0n) is 58.7. The van der Waals surface area contributed by atoms with Gasteiger partial charge in [-0.05, 0) is 48.5 Å². The van der Waals surface area contributed by atoms with Crippen molar-refractivity contribution in [3.8, 4) is 0 Å². The monoisotopic (exact) mass is 1650 g/mol. The van der Waals surface area contributed by atoms with Gasteiger partial charge in [0.05, 0.1) is 101 Å². The zero-order valence-corrected chi connectivity index (χ0v) is 64.8. The van der Waals surface area contributed by atoms with E-state index in [1.165, 1.54) is 62.1 Å². The Labute approximate surface area is 651 Å². The number of likely N-dealkylation sites (tertiary alicyclic amines) is 3. The predicted octanol–water partition coefficient (Wildman–Crippen LogP) is 0.478. The molecule has 0 aromatic carbocycles. The van der Waals surface area contributed by atoms with Gasteiger partial charge in [-0.25, -0.2) is 24.0 Å². The molecule has 11 fully saturated rings. The number of halogens is 2. The summed E-state index contributed by atoms with van der Waals surface area (Å²) in [6, 6.07) is -2.14. The zero-order chi connectivity index (χ0) is 70.6. The van der Waals surface area contributed by atoms with Crippen molar-refractivity contribution in [1.29, 1.82) is 0 Å². The van der Waals surface area contributed by atoms with Crippen LogP contribution in [0.4, 0.5) is 24.0 Å². The Hall–Kier alpha value is -3.74. The van der Waals surface area contributed by atoms with Gasteiger partial charge in [0.15, 0.2) is 34.7 Å². The Balaban J connectivity index is 0.000000311. The largest absolute Gasteiger partial charge is 2.00 e. The van der Waals surface area contributed by atoms with Crippen LogP contribution in [0.1, 0.15) is 44.9 Å². The van der Waals surface area contributed by atoms with Crippen LogP contribution in [0.25, 0.3) is 0 Å². The molecule has 5 amide bonds. The minimum atomic E-state index is -1.05. The molecule has 2 unspecified atom stereocenters. The number of hydrogen-bond acceptors (Lipinski definition) is 23. The van der Waals surface area contributed by atoms with Crippen molar-refractivity contribution in [3.63, 3.8) is 0 Å². The number of allylic oxidation sites excluding steroid dienone is 1. The average molecular weight is 1650 g/mol. The number of ether oxygens (including phenoxy) is 15. The molecule has 10 saturated heterocycles. The van der Waals surface area contributed by atoms with Crippen LogP contribution < -0.4 is 35.8 Å². The molecule has 4 bridgehead atoms. The Morgan fingerprint density at radius 1 is 0.574 bits per heavy atom. The Morgan fingerprint density at radius 3 is 1.39 bits per heavy atom. The molecule has 0 aromatic rings. The molecule has 0 aromatic heterocycles. The first-order valence-corrected chi connectivity index (χ1v) is 35.3. The third-order valence-corrected chi connectivity index (χ3v) is 19.2. The first-order valence-electron chi connectivity index (χ1n) is 32.3. The number of nitrogens with zero attached hydrogens (tertiary/aromatic N) is 5. The van der Waals surface area contributed by atoms with E-state index in [1.807, 2.05) is 12.2 Å². The number of amides is 5. The van der Waals surface area contributed by atoms with Crippen molar-refractivity contribution in [1.82, 2.24) is 24.5 Å². The van der Waals surface area contributed by atoms with Crippen LogP contribution in [-0.2, 0) is 93.4 Å². The van der Waals surface area contributed by atoms with E-state index in [2.05, 4.69) is 70.5 Å². The Morgan fingerprint density at radius 2 is 0.980 bits per heavy atom. The predicted molar refractivity (Wildman–Crippen MR) is 362 cm³/mol. The molecule has 5 spiro atoms. The van der Waals surface area contributed by atoms with Crippen LogP contribution in [0.15, 0.2) is 93.7 Å². The van der Waals surface area contributed by atoms with Crippen molar-refractivity contribution in [3.05, 3.63) is 108 Å². The quantitative estimate of drug-likeness (QED) is 0.0945. The normalized spacial score (nSPS) is 30.0. The van der Waals surface area contributed by atoms with Crippen LogP contribution in [0.3, 0.4) is 0 Å². The first kappa shape index (κ1) is 91.5. The molecule has 12 heterocycles. The van der Waals surface area contributed by atoms with Crippen LogP contribution in [0.5, 0.6) is 0 Å². The van der Waals surface area contributed by atoms with E-state index in [-0.39, 0.29) is 139 Å². The van der Waals surface area contributed by atoms with Crippen LogP contribution in [0, 0.1) is 49.5 Å². The summed E-state index contributed by atoms with van der Waals surface area (Å²) in [5, 5.41) is 9.56. The first-order chi connectivity index (χ1) is 46.9. The molecule has 4 aliphatic carbocycles. The smallest absolute Gasteiger partial charge is 1.00 e. The molecule has 11 atom stereocenters. The fourth-order valence-corrected chi connectivity index (χ4v) is 14.8. The number of cyclic esters (lactones) is 1. The fraction of sp³-hybridized carbons (Fsp3) is 0.647. The van der Waals surface area contributed by atoms with Gasteiger partial charge in [0.25, 0.3) is 0 Å². The number of hydrogen-bond donors (Lipinski definition) is 1. The SMILES string of the molecule is C1=C[C@@H]2CCC1C1(C2)OCCO1.C=C[C@@H]1CN(C(=O)OC)[C@H](C=C)C2(C1)OCCO2.C=C[C@@H]1CN(C(=O)OC)[C@H](C=O)C2(C1)OCCO2.C=C[C@@H]1CN(C(=O)OC)[C@H](CO)C2(C1)OCCO2.COC(=O)N1C[C@H]2C=CC1C1(C2)OCCO1.O=C1C=CCN2C(=O)OC[C@H]12.[Br-].[CH-]=C.[CH3-].[Cu][I].[Li+].[Mg+2]. The van der Waals surface area contributed by atoms with Crippen molar-refractivity contribution in [2.45, 2.75) is 104 Å². The number of methoxy groups -OCH3 is 4. The maximum Gasteiger partial charge on any atom is 2.00 e. The van der Waals surface area contributed by atoms with E-state index >= 15 is 0 Å². The summed E-state index contributed by atoms with van der Waals surface area (Å²) in [5.41, 5.74) is 0. The third kappa shape index (κ3) is 20.9. The molecule has 33 heteroatoms. The molecule has 28 nitrogen and oxygen atoms in total. The van der Waals surface area contributed by atoms with E-state index in [4.69, 9.17) is 71.1 Å². The van der Waals surface area contributed by atoms with E-state index in [0.717, 1.165) is 26.1 Å². The number of carbonyl (C=O) groups excluding carboxylic acids is 7. The molecular weight excluding hydrogens is 1560 g/mol. The number of aliphatic hydroxyl groups is 1. The van der Waals surface area contributed by atoms with Crippen molar-refractivity contribution < 1.29 is 158 Å². The van der Waals surface area contributed by atoms with Gasteiger partial charge >= 0.3 is 105 Å². The summed E-state index contributed by atoms with van der Waals surface area (Å²) >= 11 is 5.87. The topological polar surface area (TPSA) is 294 Å². The van der Waals surface area contributed by atoms with Gasteiger partial charge in [0.2, 0.25) is 0 Å². The summed E-state index contributed by atoms with van der Waals surface area (Å²) < 4.78 is 80.7. The molecule has 16 rings (SSSR count). The molecule has 560 valence electrons. The third-order valence-electron chi connectivity index (χ3n) is 19.2. The number of aldehydes is 1. The molecule has 1 N–H and O–H groups in total. The number of aliphatic hydroxyl groups excluding tert-OH is 1. The van der Waals surface area contributed by atoms with E-state index in [9.17, 15) is 38.7 Å². The second kappa shape index (κ2) is 43.2. The number of fused-ring (bicyclic) bond motifs is 3. The average Bonchev–Trinajstić information content (AvgIpc) is 1.70. The second-order valence-electron chi connectivity index (χ2n) is 24.5. The van der Waals surface area contributed by atoms with Gasteiger partial charge < -0.3 is 112 Å². The second-order valence-corrected chi connectivity index (χ2v) is 24.5. The fourth-order valence-electron chi connectivity index (χ4n) is 14.8. The van der Waals surface area contributed by atoms with Gasteiger partial charge in [-0.3, -0.25) is 35.9 Å². The van der Waals surface area contributed by atoms with Crippen molar-refractivity contribution in [2.75, 3.05) is 140 Å². The molecule has 101 heavy (non-hydrogen) atoms. The summed E-state index contributed by atoms with van der Waals surface area (Å²) in [7, 11) is 5.36. The Kier molecular flexibility index (Phi) is 39.1. The minimum absolute atomic E-state index is 0. The van der Waals surface area contributed by atoms with Gasteiger partial charge in [-0.15, -0.1) is 26.3 Å². The van der Waals surface area contributed by atoms with E-state index < -0.39 is 53.5 Å². The number of ketones is 1. The Bertz CT molecular complexity index is 2760. The van der Waals surface area contributed by atoms with Crippen molar-refractivity contribution in [2.24, 2.45) is 35.5 Å². The van der Waals surface area contributed by atoms with Gasteiger partial charge in [-0.1, -0.05) is 54.7 Å². The van der Waals surface area contributed by atoms with Crippen LogP contribution >= 0.6 is 20.3 Å². The summed E-state index contributed by atoms with van der Waals surface area (Å²) in [6.07, 6.45) is 23.8. The minimum Gasteiger partial charge on any atom is 1.00 e. The van der Waals surface area contributed by atoms with Crippen LogP contribution in [-0.4, -0.2) is 295 Å². The molecule has 16 aliphatic rings. The molecule has 0 radical (unpaired) electrons. The summed E-state index contributed by atoms with van der Waals surface area (Å²) in [6.45, 7) is 30.2. The number of piperidine rings is 4. The molecular formula is C68H97BrCuILiMgN5O23. The van der Waals surface area contributed by atoms with Gasteiger partial charge in [0.1, 0.15) is 43.1 Å². The number of rotatable bonds is 6. The summed E-state index contributed by atoms with van der Waals surface area (Å²) in [5.74, 6) is -1.88. The van der Waals surface area contributed by atoms with Gasteiger partial charge in [0, 0.05) is 70.7 Å². The van der Waals surface area contributed by atoms with Gasteiger partial charge in [-0.2, -0.15) is 0 Å². The molecule has 1 saturated carbocycles. The summed E-state index contributed by atoms with van der Waals surface area (Å²) in [4.78, 5) is 87.8.